The van der Waals surface area contributed by atoms with Crippen LogP contribution in [0.1, 0.15) is 36.3 Å². The van der Waals surface area contributed by atoms with Crippen molar-refractivity contribution < 1.29 is 29.0 Å². The molecule has 190 valence electrons. The van der Waals surface area contributed by atoms with E-state index in [1.54, 1.807) is 0 Å². The van der Waals surface area contributed by atoms with Crippen LogP contribution in [0.15, 0.2) is 61.2 Å². The van der Waals surface area contributed by atoms with Gasteiger partial charge in [0, 0.05) is 5.92 Å². The Bertz CT molecular complexity index is 1060. The smallest absolute Gasteiger partial charge is 0.407 e. The number of nitrogens with zero attached hydrogens (tertiary/aromatic N) is 1. The largest absolute Gasteiger partial charge is 0.480 e. The lowest BCUT2D eigenvalue weighted by Crippen LogP contribution is -2.44. The third-order valence-electron chi connectivity index (χ3n) is 6.92. The number of fused-ring (bicyclic) bond motifs is 3. The molecule has 1 unspecified atom stereocenters. The minimum absolute atomic E-state index is 0.0890. The van der Waals surface area contributed by atoms with E-state index in [0.29, 0.717) is 19.5 Å². The molecule has 1 atom stereocenters. The third-order valence-corrected chi connectivity index (χ3v) is 6.92. The molecule has 1 aliphatic heterocycles. The van der Waals surface area contributed by atoms with Crippen LogP contribution < -0.4 is 5.32 Å². The van der Waals surface area contributed by atoms with Gasteiger partial charge in [-0.2, -0.15) is 0 Å². The fraction of sp³-hybridized carbons (Fsp3) is 0.393. The lowest BCUT2D eigenvalue weighted by Gasteiger charge is -2.32. The van der Waals surface area contributed by atoms with Crippen molar-refractivity contribution in [2.75, 3.05) is 32.8 Å². The minimum atomic E-state index is -1.08. The van der Waals surface area contributed by atoms with E-state index >= 15 is 0 Å². The number of carbonyl (C=O) groups is 3. The highest BCUT2D eigenvalue weighted by Gasteiger charge is 2.31. The SMILES string of the molecule is C=CCOC(=O)CN1CCC(CC(NC(=O)OCC2c3ccccc3-c3ccccc32)C(=O)O)CC1. The molecule has 0 spiro atoms. The molecule has 0 bridgehead atoms. The zero-order chi connectivity index (χ0) is 25.5. The van der Waals surface area contributed by atoms with Gasteiger partial charge < -0.3 is 19.9 Å². The van der Waals surface area contributed by atoms with Crippen LogP contribution >= 0.6 is 0 Å². The van der Waals surface area contributed by atoms with Crippen molar-refractivity contribution >= 4 is 18.0 Å². The normalized spacial score (nSPS) is 16.4. The van der Waals surface area contributed by atoms with Crippen LogP contribution in [0.3, 0.4) is 0 Å². The molecule has 2 aliphatic rings. The van der Waals surface area contributed by atoms with Crippen LogP contribution in [-0.4, -0.2) is 66.9 Å². The van der Waals surface area contributed by atoms with Gasteiger partial charge in [0.15, 0.2) is 0 Å². The van der Waals surface area contributed by atoms with E-state index in [-0.39, 0.29) is 37.6 Å². The van der Waals surface area contributed by atoms with E-state index < -0.39 is 18.1 Å². The molecule has 1 fully saturated rings. The van der Waals surface area contributed by atoms with Gasteiger partial charge in [-0.3, -0.25) is 9.69 Å². The van der Waals surface area contributed by atoms with Gasteiger partial charge >= 0.3 is 18.0 Å². The summed E-state index contributed by atoms with van der Waals surface area (Å²) in [5.41, 5.74) is 4.46. The first-order chi connectivity index (χ1) is 17.5. The van der Waals surface area contributed by atoms with E-state index in [1.807, 2.05) is 41.3 Å². The summed E-state index contributed by atoms with van der Waals surface area (Å²) in [5.74, 6) is -1.35. The standard InChI is InChI=1S/C28H32N2O6/c1-2-15-35-26(31)17-30-13-11-19(12-14-30)16-25(27(32)33)29-28(34)36-18-24-22-9-5-3-7-20(22)21-8-4-6-10-23(21)24/h2-10,19,24-25H,1,11-18H2,(H,29,34)(H,32,33). The van der Waals surface area contributed by atoms with Crippen molar-refractivity contribution in [1.29, 1.82) is 0 Å². The number of benzene rings is 2. The van der Waals surface area contributed by atoms with E-state index in [9.17, 15) is 19.5 Å². The number of carboxylic acids is 1. The summed E-state index contributed by atoms with van der Waals surface area (Å²) in [5, 5.41) is 12.2. The first kappa shape index (κ1) is 25.4. The predicted octanol–water partition coefficient (Wildman–Crippen LogP) is 3.81. The maximum Gasteiger partial charge on any atom is 0.407 e. The van der Waals surface area contributed by atoms with E-state index in [4.69, 9.17) is 9.47 Å². The first-order valence-electron chi connectivity index (χ1n) is 12.3. The van der Waals surface area contributed by atoms with Gasteiger partial charge in [0.2, 0.25) is 0 Å². The number of alkyl carbamates (subject to hydrolysis) is 1. The number of likely N-dealkylation sites (tertiary alicyclic amines) is 1. The van der Waals surface area contributed by atoms with Gasteiger partial charge in [-0.15, -0.1) is 0 Å². The molecular weight excluding hydrogens is 460 g/mol. The number of piperidine rings is 1. The quantitative estimate of drug-likeness (QED) is 0.384. The summed E-state index contributed by atoms with van der Waals surface area (Å²) in [7, 11) is 0. The molecule has 1 amide bonds. The Kier molecular flexibility index (Phi) is 8.38. The number of carbonyl (C=O) groups excluding carboxylic acids is 2. The molecule has 0 aromatic heterocycles. The summed E-state index contributed by atoms with van der Waals surface area (Å²) in [4.78, 5) is 38.2. The van der Waals surface area contributed by atoms with Crippen LogP contribution in [0.5, 0.6) is 0 Å². The summed E-state index contributed by atoms with van der Waals surface area (Å²) in [6.07, 6.45) is 2.59. The Morgan fingerprint density at radius 3 is 2.22 bits per heavy atom. The van der Waals surface area contributed by atoms with Crippen LogP contribution in [0.2, 0.25) is 0 Å². The summed E-state index contributed by atoms with van der Waals surface area (Å²) >= 11 is 0. The van der Waals surface area contributed by atoms with Gasteiger partial charge in [0.1, 0.15) is 19.3 Å². The second kappa shape index (κ2) is 11.9. The molecule has 8 nitrogen and oxygen atoms in total. The predicted molar refractivity (Wildman–Crippen MR) is 135 cm³/mol. The number of ether oxygens (including phenoxy) is 2. The number of nitrogens with one attached hydrogen (secondary N) is 1. The van der Waals surface area contributed by atoms with Crippen LogP contribution in [0.4, 0.5) is 4.79 Å². The molecule has 4 rings (SSSR count). The molecule has 0 radical (unpaired) electrons. The number of hydrogen-bond acceptors (Lipinski definition) is 6. The summed E-state index contributed by atoms with van der Waals surface area (Å²) in [6.45, 7) is 5.40. The highest BCUT2D eigenvalue weighted by Crippen LogP contribution is 2.44. The lowest BCUT2D eigenvalue weighted by molar-refractivity contribution is -0.144. The second-order valence-corrected chi connectivity index (χ2v) is 9.29. The molecule has 1 saturated heterocycles. The monoisotopic (exact) mass is 492 g/mol. The van der Waals surface area contributed by atoms with Crippen LogP contribution in [0.25, 0.3) is 11.1 Å². The Morgan fingerprint density at radius 1 is 1.03 bits per heavy atom. The number of hydrogen-bond donors (Lipinski definition) is 2. The third kappa shape index (κ3) is 6.12. The average molecular weight is 493 g/mol. The number of aliphatic carboxylic acids is 1. The van der Waals surface area contributed by atoms with Crippen molar-refractivity contribution in [3.05, 3.63) is 72.3 Å². The fourth-order valence-corrected chi connectivity index (χ4v) is 5.10. The topological polar surface area (TPSA) is 105 Å². The van der Waals surface area contributed by atoms with E-state index in [2.05, 4.69) is 24.0 Å². The van der Waals surface area contributed by atoms with Crippen molar-refractivity contribution in [3.8, 4) is 11.1 Å². The molecule has 1 aliphatic carbocycles. The number of amides is 1. The molecule has 2 aromatic rings. The molecule has 2 N–H and O–H groups in total. The molecule has 8 heteroatoms. The second-order valence-electron chi connectivity index (χ2n) is 9.29. The highest BCUT2D eigenvalue weighted by atomic mass is 16.5. The molecule has 1 heterocycles. The van der Waals surface area contributed by atoms with Gasteiger partial charge in [-0.1, -0.05) is 61.2 Å². The van der Waals surface area contributed by atoms with Crippen molar-refractivity contribution in [2.24, 2.45) is 5.92 Å². The molecule has 2 aromatic carbocycles. The summed E-state index contributed by atoms with van der Waals surface area (Å²) in [6, 6.07) is 15.1. The Hall–Kier alpha value is -3.65. The van der Waals surface area contributed by atoms with Crippen LogP contribution in [-0.2, 0) is 19.1 Å². The van der Waals surface area contributed by atoms with Crippen molar-refractivity contribution in [3.63, 3.8) is 0 Å². The summed E-state index contributed by atoms with van der Waals surface area (Å²) < 4.78 is 10.5. The first-order valence-corrected chi connectivity index (χ1v) is 12.3. The van der Waals surface area contributed by atoms with Crippen LogP contribution in [0, 0.1) is 5.92 Å². The maximum atomic E-state index is 12.6. The zero-order valence-corrected chi connectivity index (χ0v) is 20.2. The average Bonchev–Trinajstić information content (AvgIpc) is 3.20. The fourth-order valence-electron chi connectivity index (χ4n) is 5.10. The Balaban J connectivity index is 1.27. The van der Waals surface area contributed by atoms with Gasteiger partial charge in [0.05, 0.1) is 6.54 Å². The lowest BCUT2D eigenvalue weighted by atomic mass is 9.90. The van der Waals surface area contributed by atoms with E-state index in [0.717, 1.165) is 35.1 Å². The van der Waals surface area contributed by atoms with Gasteiger partial charge in [-0.25, -0.2) is 9.59 Å². The highest BCUT2D eigenvalue weighted by molar-refractivity contribution is 5.81. The number of carboxylic acid groups (broad SMARTS) is 1. The Labute approximate surface area is 210 Å². The van der Waals surface area contributed by atoms with Gasteiger partial charge in [-0.05, 0) is 60.5 Å². The number of rotatable bonds is 10. The minimum Gasteiger partial charge on any atom is -0.480 e. The zero-order valence-electron chi connectivity index (χ0n) is 20.2. The maximum absolute atomic E-state index is 12.6. The Morgan fingerprint density at radius 2 is 1.64 bits per heavy atom. The van der Waals surface area contributed by atoms with Gasteiger partial charge in [0.25, 0.3) is 0 Å². The van der Waals surface area contributed by atoms with E-state index in [1.165, 1.54) is 6.08 Å². The van der Waals surface area contributed by atoms with Crippen molar-refractivity contribution in [1.82, 2.24) is 10.2 Å². The molecule has 36 heavy (non-hydrogen) atoms. The molecular formula is C28H32N2O6. The molecule has 0 saturated carbocycles. The number of esters is 1. The van der Waals surface area contributed by atoms with Crippen molar-refractivity contribution in [2.45, 2.75) is 31.2 Å².